The van der Waals surface area contributed by atoms with E-state index in [1.165, 1.54) is 10.4 Å². The van der Waals surface area contributed by atoms with E-state index in [4.69, 9.17) is 16.7 Å². The van der Waals surface area contributed by atoms with Gasteiger partial charge in [0.1, 0.15) is 0 Å². The van der Waals surface area contributed by atoms with Gasteiger partial charge in [0.15, 0.2) is 0 Å². The zero-order valence-electron chi connectivity index (χ0n) is 11.8. The molecule has 0 bridgehead atoms. The van der Waals surface area contributed by atoms with Crippen LogP contribution in [0, 0.1) is 12.8 Å². The Hall–Kier alpha value is -1.11. The van der Waals surface area contributed by atoms with Crippen molar-refractivity contribution in [1.82, 2.24) is 4.31 Å². The Balaban J connectivity index is 2.24. The molecule has 116 valence electrons. The van der Waals surface area contributed by atoms with Gasteiger partial charge in [-0.3, -0.25) is 4.79 Å². The van der Waals surface area contributed by atoms with E-state index in [-0.39, 0.29) is 23.8 Å². The smallest absolute Gasteiger partial charge is 0.303 e. The Morgan fingerprint density at radius 2 is 2.19 bits per heavy atom. The van der Waals surface area contributed by atoms with E-state index in [9.17, 15) is 13.2 Å². The number of carboxylic acids is 1. The maximum absolute atomic E-state index is 12.7. The van der Waals surface area contributed by atoms with Crippen LogP contribution >= 0.6 is 11.6 Å². The number of hydrogen-bond acceptors (Lipinski definition) is 3. The van der Waals surface area contributed by atoms with Crippen molar-refractivity contribution >= 4 is 27.6 Å². The van der Waals surface area contributed by atoms with Gasteiger partial charge in [0.25, 0.3) is 0 Å². The monoisotopic (exact) mass is 331 g/mol. The number of aryl methyl sites for hydroxylation is 1. The molecule has 1 aromatic rings. The molecule has 0 radical (unpaired) electrons. The second-order valence-corrected chi connectivity index (χ2v) is 7.72. The molecule has 0 amide bonds. The molecule has 21 heavy (non-hydrogen) atoms. The van der Waals surface area contributed by atoms with Crippen molar-refractivity contribution in [1.29, 1.82) is 0 Å². The first-order valence-corrected chi connectivity index (χ1v) is 8.60. The predicted molar refractivity (Wildman–Crippen MR) is 79.9 cm³/mol. The molecule has 1 atom stereocenters. The Kier molecular flexibility index (Phi) is 4.91. The lowest BCUT2D eigenvalue weighted by atomic mass is 9.96. The fraction of sp³-hybridized carbons (Fsp3) is 0.500. The average molecular weight is 332 g/mol. The van der Waals surface area contributed by atoms with Crippen molar-refractivity contribution in [2.75, 3.05) is 13.1 Å². The van der Waals surface area contributed by atoms with Gasteiger partial charge in [0.2, 0.25) is 10.0 Å². The summed E-state index contributed by atoms with van der Waals surface area (Å²) in [7, 11) is -3.60. The maximum Gasteiger partial charge on any atom is 0.303 e. The highest BCUT2D eigenvalue weighted by atomic mass is 35.5. The van der Waals surface area contributed by atoms with Crippen molar-refractivity contribution in [3.05, 3.63) is 28.8 Å². The van der Waals surface area contributed by atoms with Gasteiger partial charge in [-0.1, -0.05) is 11.6 Å². The third kappa shape index (κ3) is 3.75. The van der Waals surface area contributed by atoms with Crippen molar-refractivity contribution < 1.29 is 18.3 Å². The molecule has 1 saturated heterocycles. The first-order valence-electron chi connectivity index (χ1n) is 6.79. The molecular formula is C14H18ClNO4S. The molecule has 1 unspecified atom stereocenters. The van der Waals surface area contributed by atoms with Crippen LogP contribution in [0.25, 0.3) is 0 Å². The quantitative estimate of drug-likeness (QED) is 0.920. The molecule has 1 N–H and O–H groups in total. The van der Waals surface area contributed by atoms with E-state index in [2.05, 4.69) is 0 Å². The fourth-order valence-corrected chi connectivity index (χ4v) is 4.69. The number of carbonyl (C=O) groups is 1. The summed E-state index contributed by atoms with van der Waals surface area (Å²) in [6, 6.07) is 4.68. The number of halogens is 1. The van der Waals surface area contributed by atoms with Crippen molar-refractivity contribution in [3.63, 3.8) is 0 Å². The molecule has 1 fully saturated rings. The van der Waals surface area contributed by atoms with Gasteiger partial charge in [0.05, 0.1) is 4.90 Å². The number of carboxylic acid groups (broad SMARTS) is 1. The zero-order valence-corrected chi connectivity index (χ0v) is 13.3. The van der Waals surface area contributed by atoms with Crippen molar-refractivity contribution in [3.8, 4) is 0 Å². The minimum atomic E-state index is -3.60. The van der Waals surface area contributed by atoms with Crippen molar-refractivity contribution in [2.45, 2.75) is 31.1 Å². The largest absolute Gasteiger partial charge is 0.481 e. The van der Waals surface area contributed by atoms with Crippen LogP contribution in [0.1, 0.15) is 24.8 Å². The highest BCUT2D eigenvalue weighted by Crippen LogP contribution is 2.28. The maximum atomic E-state index is 12.7. The summed E-state index contributed by atoms with van der Waals surface area (Å²) in [5.41, 5.74) is 0.600. The Morgan fingerprint density at radius 1 is 1.48 bits per heavy atom. The second kappa shape index (κ2) is 6.34. The summed E-state index contributed by atoms with van der Waals surface area (Å²) in [6.07, 6.45) is 1.44. The van der Waals surface area contributed by atoms with Crippen LogP contribution in [-0.2, 0) is 14.8 Å². The van der Waals surface area contributed by atoms with Crippen LogP contribution in [0.3, 0.4) is 0 Å². The Bertz CT molecular complexity index is 644. The second-order valence-electron chi connectivity index (χ2n) is 5.38. The van der Waals surface area contributed by atoms with Gasteiger partial charge in [-0.25, -0.2) is 8.42 Å². The van der Waals surface area contributed by atoms with Crippen LogP contribution in [0.4, 0.5) is 0 Å². The molecule has 1 aromatic carbocycles. The lowest BCUT2D eigenvalue weighted by Crippen LogP contribution is -2.40. The molecule has 7 heteroatoms. The number of aliphatic carboxylic acids is 1. The van der Waals surface area contributed by atoms with Gasteiger partial charge >= 0.3 is 5.97 Å². The normalized spacial score (nSPS) is 20.4. The van der Waals surface area contributed by atoms with Crippen molar-refractivity contribution in [2.24, 2.45) is 5.92 Å². The van der Waals surface area contributed by atoms with Crippen LogP contribution in [0.2, 0.25) is 5.02 Å². The first-order chi connectivity index (χ1) is 9.80. The highest BCUT2D eigenvalue weighted by molar-refractivity contribution is 7.89. The fourth-order valence-electron chi connectivity index (χ4n) is 2.70. The summed E-state index contributed by atoms with van der Waals surface area (Å²) in [5.74, 6) is -1.01. The third-order valence-corrected chi connectivity index (χ3v) is 5.96. The number of benzene rings is 1. The topological polar surface area (TPSA) is 74.7 Å². The lowest BCUT2D eigenvalue weighted by Gasteiger charge is -2.31. The SMILES string of the molecule is Cc1cc(Cl)ccc1S(=O)(=O)N1CCCC(CC(=O)O)C1. The average Bonchev–Trinajstić information content (AvgIpc) is 2.37. The first kappa shape index (κ1) is 16.3. The summed E-state index contributed by atoms with van der Waals surface area (Å²) in [4.78, 5) is 11.0. The van der Waals surface area contributed by atoms with Crippen LogP contribution in [0.5, 0.6) is 0 Å². The molecule has 0 spiro atoms. The minimum Gasteiger partial charge on any atom is -0.481 e. The number of hydrogen-bond donors (Lipinski definition) is 1. The van der Waals surface area contributed by atoms with Gasteiger partial charge in [-0.2, -0.15) is 4.31 Å². The van der Waals surface area contributed by atoms with Gasteiger partial charge < -0.3 is 5.11 Å². The predicted octanol–water partition coefficient (Wildman–Crippen LogP) is 2.52. The Morgan fingerprint density at radius 3 is 2.81 bits per heavy atom. The molecule has 2 rings (SSSR count). The number of sulfonamides is 1. The van der Waals surface area contributed by atoms with E-state index in [1.807, 2.05) is 0 Å². The van der Waals surface area contributed by atoms with Crippen LogP contribution in [0.15, 0.2) is 23.1 Å². The highest BCUT2D eigenvalue weighted by Gasteiger charge is 2.31. The molecule has 1 aliphatic rings. The standard InChI is InChI=1S/C14H18ClNO4S/c1-10-7-12(15)4-5-13(10)21(19,20)16-6-2-3-11(9-16)8-14(17)18/h4-5,7,11H,2-3,6,8-9H2,1H3,(H,17,18). The van der Waals surface area contributed by atoms with E-state index >= 15 is 0 Å². The summed E-state index contributed by atoms with van der Waals surface area (Å²) < 4.78 is 26.8. The molecular weight excluding hydrogens is 314 g/mol. The van der Waals surface area contributed by atoms with Crippen LogP contribution in [-0.4, -0.2) is 36.9 Å². The number of nitrogens with zero attached hydrogens (tertiary/aromatic N) is 1. The molecule has 1 heterocycles. The molecule has 0 saturated carbocycles. The molecule has 0 aliphatic carbocycles. The summed E-state index contributed by atoms with van der Waals surface area (Å²) in [6.45, 7) is 2.40. The summed E-state index contributed by atoms with van der Waals surface area (Å²) in [5, 5.41) is 9.36. The van der Waals surface area contributed by atoms with E-state index in [0.717, 1.165) is 6.42 Å². The minimum absolute atomic E-state index is 0.00558. The molecule has 5 nitrogen and oxygen atoms in total. The van der Waals surface area contributed by atoms with Gasteiger partial charge in [0, 0.05) is 24.5 Å². The van der Waals surface area contributed by atoms with E-state index in [1.54, 1.807) is 19.1 Å². The summed E-state index contributed by atoms with van der Waals surface area (Å²) >= 11 is 5.86. The lowest BCUT2D eigenvalue weighted by molar-refractivity contribution is -0.138. The number of rotatable bonds is 4. The zero-order chi connectivity index (χ0) is 15.6. The van der Waals surface area contributed by atoms with Gasteiger partial charge in [-0.15, -0.1) is 0 Å². The third-order valence-electron chi connectivity index (χ3n) is 3.70. The van der Waals surface area contributed by atoms with E-state index in [0.29, 0.717) is 23.6 Å². The van der Waals surface area contributed by atoms with E-state index < -0.39 is 16.0 Å². The van der Waals surface area contributed by atoms with Gasteiger partial charge in [-0.05, 0) is 49.4 Å². The molecule has 0 aromatic heterocycles. The van der Waals surface area contributed by atoms with Crippen LogP contribution < -0.4 is 0 Å². The number of piperidine rings is 1. The molecule has 1 aliphatic heterocycles. The Labute approximate surface area is 129 Å².